The molecule has 0 radical (unpaired) electrons. The van der Waals surface area contributed by atoms with Crippen molar-refractivity contribution in [3.05, 3.63) is 61.0 Å². The number of nitro groups is 5. The molecule has 25 nitrogen and oxygen atoms in total. The lowest BCUT2D eigenvalue weighted by atomic mass is 10.2. The zero-order chi connectivity index (χ0) is 24.5. The molecule has 6 atom stereocenters. The molecule has 0 saturated carbocycles. The van der Waals surface area contributed by atoms with Crippen molar-refractivity contribution in [3.63, 3.8) is 0 Å². The molecule has 33 heavy (non-hydrogen) atoms. The van der Waals surface area contributed by atoms with Gasteiger partial charge in [-0.15, -0.1) is 0 Å². The lowest BCUT2D eigenvalue weighted by Gasteiger charge is -2.41. The van der Waals surface area contributed by atoms with Crippen LogP contribution in [0.1, 0.15) is 0 Å². The predicted octanol–water partition coefficient (Wildman–Crippen LogP) is -3.40. The van der Waals surface area contributed by atoms with Crippen LogP contribution in [0.25, 0.3) is 10.4 Å². The third kappa shape index (κ3) is 2.40. The van der Waals surface area contributed by atoms with Crippen molar-refractivity contribution in [3.8, 4) is 0 Å². The smallest absolute Gasteiger partial charge is 0.272 e. The van der Waals surface area contributed by atoms with Crippen molar-refractivity contribution in [1.82, 2.24) is 29.9 Å². The van der Waals surface area contributed by atoms with Gasteiger partial charge in [-0.2, -0.15) is 0 Å². The van der Waals surface area contributed by atoms with E-state index in [1.807, 2.05) is 0 Å². The SMILES string of the molecule is [N-]=[N+]=NCC(=O)N1[C@H]2[C@H]3N([N+](=O)[O-])[C@@H]4[C@H](N3[N+](=O)[O-])N([N+](=O)[O-])[C@H]1[C@@H](N4[N+](=O)[O-])N2[N+](=O)[O-]. The van der Waals surface area contributed by atoms with E-state index in [0.29, 0.717) is 0 Å². The van der Waals surface area contributed by atoms with Crippen molar-refractivity contribution in [2.45, 2.75) is 37.0 Å². The molecule has 0 aromatic rings. The van der Waals surface area contributed by atoms with E-state index in [0.717, 1.165) is 0 Å². The van der Waals surface area contributed by atoms with E-state index < -0.39 is 74.6 Å². The van der Waals surface area contributed by atoms with E-state index in [2.05, 4.69) is 10.0 Å². The minimum Gasteiger partial charge on any atom is -0.283 e. The van der Waals surface area contributed by atoms with Crippen molar-refractivity contribution < 1.29 is 30.0 Å². The third-order valence-electron chi connectivity index (χ3n) is 5.58. The van der Waals surface area contributed by atoms with E-state index in [9.17, 15) is 55.4 Å². The molecule has 0 N–H and O–H groups in total. The highest BCUT2D eigenvalue weighted by atomic mass is 16.7. The van der Waals surface area contributed by atoms with Crippen LogP contribution in [0, 0.1) is 50.6 Å². The standard InChI is InChI=1S/C8H8N14O11/c9-11-10-1-2(23)12-3-5-13(18(24)25)4(12)6-16(21(30)31)7(14(3)19(26)27)8(15(5)20(28)29)17(6)22(32)33/h3-8H,1H2/t3-,4+,5+,6+,7-,8+/m0/s1. The molecule has 5 aliphatic rings. The molecule has 0 aliphatic carbocycles. The number of hydrazine groups is 5. The van der Waals surface area contributed by atoms with Gasteiger partial charge in [0.25, 0.3) is 24.7 Å². The van der Waals surface area contributed by atoms with Gasteiger partial charge in [-0.05, 0) is 5.53 Å². The fourth-order valence-electron chi connectivity index (χ4n) is 4.77. The van der Waals surface area contributed by atoms with Crippen molar-refractivity contribution in [2.24, 2.45) is 5.11 Å². The second kappa shape index (κ2) is 6.64. The average molecular weight is 476 g/mol. The first kappa shape index (κ1) is 21.0. The lowest BCUT2D eigenvalue weighted by molar-refractivity contribution is -0.786. The minimum atomic E-state index is -2.38. The Kier molecular flexibility index (Phi) is 4.23. The molecule has 176 valence electrons. The number of rotatable bonds is 7. The Bertz CT molecular complexity index is 1030. The first-order chi connectivity index (χ1) is 15.5. The zero-order valence-corrected chi connectivity index (χ0v) is 15.4. The maximum absolute atomic E-state index is 12.8. The summed E-state index contributed by atoms with van der Waals surface area (Å²) in [5.41, 5.74) is 8.46. The highest BCUT2D eigenvalue weighted by Gasteiger charge is 2.87. The van der Waals surface area contributed by atoms with Crippen molar-refractivity contribution in [1.29, 1.82) is 0 Å². The minimum absolute atomic E-state index is 0.0495. The van der Waals surface area contributed by atoms with Crippen LogP contribution >= 0.6 is 0 Å². The molecule has 1 amide bonds. The summed E-state index contributed by atoms with van der Waals surface area (Å²) in [5, 5.41) is 55.2. The van der Waals surface area contributed by atoms with E-state index in [-0.39, 0.29) is 29.9 Å². The molecule has 0 aromatic heterocycles. The average Bonchev–Trinajstić information content (AvgIpc) is 3.14. The molecular weight excluding hydrogens is 468 g/mol. The molecule has 25 heteroatoms. The molecular formula is C8H8N14O11. The number of carbonyl (C=O) groups is 1. The van der Waals surface area contributed by atoms with Crippen LogP contribution in [0.5, 0.6) is 0 Å². The van der Waals surface area contributed by atoms with Gasteiger partial charge in [0.15, 0.2) is 25.2 Å². The molecule has 5 rings (SSSR count). The van der Waals surface area contributed by atoms with Crippen LogP contribution in [0.15, 0.2) is 5.11 Å². The molecule has 5 fully saturated rings. The Morgan fingerprint density at radius 2 is 0.939 bits per heavy atom. The van der Waals surface area contributed by atoms with Gasteiger partial charge in [-0.1, -0.05) is 30.2 Å². The normalized spacial score (nSPS) is 30.9. The number of hydrogen-bond acceptors (Lipinski definition) is 12. The second-order valence-corrected chi connectivity index (χ2v) is 6.76. The lowest BCUT2D eigenvalue weighted by Crippen LogP contribution is -2.77. The Balaban J connectivity index is 2.08. The second-order valence-electron chi connectivity index (χ2n) is 6.76. The molecule has 5 heterocycles. The van der Waals surface area contributed by atoms with Crippen molar-refractivity contribution >= 4 is 5.91 Å². The highest BCUT2D eigenvalue weighted by Crippen LogP contribution is 2.51. The first-order valence-electron chi connectivity index (χ1n) is 8.42. The van der Waals surface area contributed by atoms with Crippen LogP contribution in [0.4, 0.5) is 0 Å². The molecule has 5 saturated heterocycles. The van der Waals surface area contributed by atoms with Gasteiger partial charge in [-0.3, -0.25) is 9.69 Å². The Hall–Kier alpha value is -5.22. The fraction of sp³-hybridized carbons (Fsp3) is 0.875. The Labute approximate surface area is 176 Å². The third-order valence-corrected chi connectivity index (χ3v) is 5.58. The summed E-state index contributed by atoms with van der Waals surface area (Å²) >= 11 is 0. The van der Waals surface area contributed by atoms with Crippen LogP contribution in [-0.2, 0) is 4.79 Å². The van der Waals surface area contributed by atoms with E-state index >= 15 is 0 Å². The van der Waals surface area contributed by atoms with Crippen LogP contribution < -0.4 is 0 Å². The summed E-state index contributed by atoms with van der Waals surface area (Å²) in [6.07, 6.45) is -13.8. The number of carbonyl (C=O) groups excluding carboxylic acids is 1. The summed E-state index contributed by atoms with van der Waals surface area (Å²) in [7, 11) is 0. The van der Waals surface area contributed by atoms with Gasteiger partial charge in [0, 0.05) is 4.91 Å². The summed E-state index contributed by atoms with van der Waals surface area (Å²) in [6.45, 7) is -1.09. The van der Waals surface area contributed by atoms with Gasteiger partial charge >= 0.3 is 0 Å². The fourth-order valence-corrected chi connectivity index (χ4v) is 4.77. The quantitative estimate of drug-likeness (QED) is 0.114. The number of hydrogen-bond donors (Lipinski definition) is 0. The molecule has 0 unspecified atom stereocenters. The Morgan fingerprint density at radius 3 is 1.21 bits per heavy atom. The maximum atomic E-state index is 12.8. The molecule has 0 aromatic carbocycles. The monoisotopic (exact) mass is 476 g/mol. The summed E-state index contributed by atoms with van der Waals surface area (Å²) in [6, 6.07) is 0. The maximum Gasteiger partial charge on any atom is 0.272 e. The predicted molar refractivity (Wildman–Crippen MR) is 87.8 cm³/mol. The first-order valence-corrected chi connectivity index (χ1v) is 8.42. The van der Waals surface area contributed by atoms with Gasteiger partial charge in [0.05, 0.1) is 0 Å². The highest BCUT2D eigenvalue weighted by molar-refractivity contribution is 5.79. The summed E-state index contributed by atoms with van der Waals surface area (Å²) in [4.78, 5) is 74.7. The zero-order valence-electron chi connectivity index (χ0n) is 15.4. The number of amides is 1. The number of azide groups is 1. The van der Waals surface area contributed by atoms with Gasteiger partial charge in [-0.25, -0.2) is 50.6 Å². The van der Waals surface area contributed by atoms with E-state index in [1.54, 1.807) is 0 Å². The van der Waals surface area contributed by atoms with Crippen LogP contribution in [0.2, 0.25) is 0 Å². The topological polar surface area (TPSA) is 301 Å². The van der Waals surface area contributed by atoms with Crippen LogP contribution in [-0.4, -0.2) is 105 Å². The van der Waals surface area contributed by atoms with Gasteiger partial charge in [0.2, 0.25) is 18.2 Å². The summed E-state index contributed by atoms with van der Waals surface area (Å²) in [5.74, 6) is -1.36. The molecule has 0 spiro atoms. The van der Waals surface area contributed by atoms with Gasteiger partial charge < -0.3 is 0 Å². The molecule has 5 aliphatic heterocycles. The van der Waals surface area contributed by atoms with E-state index in [4.69, 9.17) is 5.53 Å². The van der Waals surface area contributed by atoms with Gasteiger partial charge in [0.1, 0.15) is 6.54 Å². The molecule has 6 bridgehead atoms. The van der Waals surface area contributed by atoms with E-state index in [1.165, 1.54) is 0 Å². The van der Waals surface area contributed by atoms with Crippen molar-refractivity contribution in [2.75, 3.05) is 6.54 Å². The largest absolute Gasteiger partial charge is 0.283 e. The van der Waals surface area contributed by atoms with Crippen LogP contribution in [0.3, 0.4) is 0 Å². The number of nitrogens with zero attached hydrogens (tertiary/aromatic N) is 14. The number of piperazine rings is 1. The summed E-state index contributed by atoms with van der Waals surface area (Å²) < 4.78 is 0. The Morgan fingerprint density at radius 1 is 0.667 bits per heavy atom.